The summed E-state index contributed by atoms with van der Waals surface area (Å²) in [7, 11) is -3.47. The van der Waals surface area contributed by atoms with E-state index < -0.39 is 15.9 Å². The van der Waals surface area contributed by atoms with Gasteiger partial charge in [-0.2, -0.15) is 0 Å². The molecule has 1 aliphatic rings. The molecule has 0 aliphatic carbocycles. The van der Waals surface area contributed by atoms with Crippen molar-refractivity contribution >= 4 is 21.8 Å². The molecule has 1 aliphatic heterocycles. The maximum absolute atomic E-state index is 12.8. The van der Waals surface area contributed by atoms with Crippen molar-refractivity contribution in [3.8, 4) is 5.75 Å². The van der Waals surface area contributed by atoms with Gasteiger partial charge in [-0.3, -0.25) is 4.79 Å². The summed E-state index contributed by atoms with van der Waals surface area (Å²) in [5.41, 5.74) is 0.167. The van der Waals surface area contributed by atoms with Gasteiger partial charge in [0.25, 0.3) is 5.91 Å². The molecule has 0 atom stereocenters. The first kappa shape index (κ1) is 19.0. The molecule has 2 amide bonds. The summed E-state index contributed by atoms with van der Waals surface area (Å²) in [6.07, 6.45) is -0.125. The Morgan fingerprint density at radius 1 is 1.12 bits per heavy atom. The van der Waals surface area contributed by atoms with Crippen LogP contribution < -0.4 is 4.74 Å². The number of carboxylic acid groups (broad SMARTS) is 1. The Bertz CT molecular complexity index is 767. The molecule has 0 bridgehead atoms. The standard InChI is InChI=1S/C16H22N2O6S/c1-11(2)24-14-5-4-12(25(3,22)23)10-13(14)15(19)17-6-8-18(9-7-17)16(20)21/h4-5,10-11H,6-9H2,1-3H3,(H,20,21). The molecule has 1 N–H and O–H groups in total. The van der Waals surface area contributed by atoms with Gasteiger partial charge in [0.2, 0.25) is 0 Å². The molecule has 1 aromatic carbocycles. The third-order valence-corrected chi connectivity index (χ3v) is 4.92. The zero-order valence-corrected chi connectivity index (χ0v) is 15.2. The van der Waals surface area contributed by atoms with Crippen LogP contribution in [0, 0.1) is 0 Å². The highest BCUT2D eigenvalue weighted by Gasteiger charge is 2.27. The molecule has 25 heavy (non-hydrogen) atoms. The number of hydrogen-bond acceptors (Lipinski definition) is 5. The minimum atomic E-state index is -3.47. The molecular weight excluding hydrogens is 348 g/mol. The lowest BCUT2D eigenvalue weighted by molar-refractivity contribution is 0.0619. The normalized spacial score (nSPS) is 15.4. The zero-order valence-electron chi connectivity index (χ0n) is 14.4. The SMILES string of the molecule is CC(C)Oc1ccc(S(C)(=O)=O)cc1C(=O)N1CCN(C(=O)O)CC1. The van der Waals surface area contributed by atoms with Crippen molar-refractivity contribution in [1.82, 2.24) is 9.80 Å². The molecule has 138 valence electrons. The second-order valence-electron chi connectivity index (χ2n) is 6.16. The van der Waals surface area contributed by atoms with Gasteiger partial charge in [0, 0.05) is 32.4 Å². The van der Waals surface area contributed by atoms with E-state index in [0.29, 0.717) is 5.75 Å². The highest BCUT2D eigenvalue weighted by molar-refractivity contribution is 7.90. The van der Waals surface area contributed by atoms with Crippen molar-refractivity contribution in [2.45, 2.75) is 24.8 Å². The fourth-order valence-corrected chi connectivity index (χ4v) is 3.18. The van der Waals surface area contributed by atoms with Crippen LogP contribution >= 0.6 is 0 Å². The molecule has 1 heterocycles. The Hall–Kier alpha value is -2.29. The number of sulfone groups is 1. The van der Waals surface area contributed by atoms with E-state index >= 15 is 0 Å². The van der Waals surface area contributed by atoms with Crippen molar-refractivity contribution in [2.75, 3.05) is 32.4 Å². The molecule has 0 spiro atoms. The van der Waals surface area contributed by atoms with Crippen LogP contribution in [-0.2, 0) is 9.84 Å². The Morgan fingerprint density at radius 3 is 2.16 bits per heavy atom. The number of piperazine rings is 1. The van der Waals surface area contributed by atoms with E-state index in [1.54, 1.807) is 0 Å². The number of nitrogens with zero attached hydrogens (tertiary/aromatic N) is 2. The summed E-state index contributed by atoms with van der Waals surface area (Å²) in [6.45, 7) is 4.54. The molecule has 9 heteroatoms. The van der Waals surface area contributed by atoms with E-state index in [-0.39, 0.29) is 48.6 Å². The van der Waals surface area contributed by atoms with E-state index in [0.717, 1.165) is 6.26 Å². The van der Waals surface area contributed by atoms with Gasteiger partial charge in [-0.1, -0.05) is 0 Å². The first-order valence-electron chi connectivity index (χ1n) is 7.87. The summed E-state index contributed by atoms with van der Waals surface area (Å²) >= 11 is 0. The lowest BCUT2D eigenvalue weighted by atomic mass is 10.1. The van der Waals surface area contributed by atoms with E-state index in [1.807, 2.05) is 13.8 Å². The number of amides is 2. The Labute approximate surface area is 146 Å². The molecule has 1 saturated heterocycles. The van der Waals surface area contributed by atoms with Crippen molar-refractivity contribution < 1.29 is 27.9 Å². The average molecular weight is 370 g/mol. The fraction of sp³-hybridized carbons (Fsp3) is 0.500. The maximum Gasteiger partial charge on any atom is 0.407 e. The van der Waals surface area contributed by atoms with Crippen LogP contribution in [0.1, 0.15) is 24.2 Å². The molecule has 2 rings (SSSR count). The van der Waals surface area contributed by atoms with Crippen molar-refractivity contribution in [3.05, 3.63) is 23.8 Å². The molecule has 1 fully saturated rings. The number of rotatable bonds is 4. The van der Waals surface area contributed by atoms with Gasteiger partial charge in [0.1, 0.15) is 5.75 Å². The molecule has 1 aromatic rings. The number of benzene rings is 1. The zero-order chi connectivity index (χ0) is 18.8. The van der Waals surface area contributed by atoms with Crippen LogP contribution in [0.5, 0.6) is 5.75 Å². The first-order valence-corrected chi connectivity index (χ1v) is 9.76. The van der Waals surface area contributed by atoms with Gasteiger partial charge in [0.15, 0.2) is 9.84 Å². The van der Waals surface area contributed by atoms with Crippen LogP contribution in [0.4, 0.5) is 4.79 Å². The number of carbonyl (C=O) groups excluding carboxylic acids is 1. The highest BCUT2D eigenvalue weighted by Crippen LogP contribution is 2.26. The predicted octanol–water partition coefficient (Wildman–Crippen LogP) is 1.31. The van der Waals surface area contributed by atoms with Gasteiger partial charge in [-0.15, -0.1) is 0 Å². The summed E-state index contributed by atoms with van der Waals surface area (Å²) in [5, 5.41) is 8.99. The summed E-state index contributed by atoms with van der Waals surface area (Å²) in [4.78, 5) is 26.6. The third-order valence-electron chi connectivity index (χ3n) is 3.81. The number of carbonyl (C=O) groups is 2. The van der Waals surface area contributed by atoms with Gasteiger partial charge in [-0.05, 0) is 32.0 Å². The Kier molecular flexibility index (Phi) is 5.56. The second-order valence-corrected chi connectivity index (χ2v) is 8.17. The van der Waals surface area contributed by atoms with E-state index in [4.69, 9.17) is 9.84 Å². The van der Waals surface area contributed by atoms with Gasteiger partial charge >= 0.3 is 6.09 Å². The minimum Gasteiger partial charge on any atom is -0.490 e. The first-order chi connectivity index (χ1) is 11.6. The molecular formula is C16H22N2O6S. The van der Waals surface area contributed by atoms with E-state index in [1.165, 1.54) is 28.0 Å². The smallest absolute Gasteiger partial charge is 0.407 e. The highest BCUT2D eigenvalue weighted by atomic mass is 32.2. The quantitative estimate of drug-likeness (QED) is 0.857. The summed E-state index contributed by atoms with van der Waals surface area (Å²) in [5.74, 6) is -0.0562. The monoisotopic (exact) mass is 370 g/mol. The lowest BCUT2D eigenvalue weighted by Crippen LogP contribution is -2.50. The van der Waals surface area contributed by atoms with Crippen molar-refractivity contribution in [3.63, 3.8) is 0 Å². The number of hydrogen-bond donors (Lipinski definition) is 1. The largest absolute Gasteiger partial charge is 0.490 e. The third kappa shape index (κ3) is 4.62. The molecule has 0 aromatic heterocycles. The van der Waals surface area contributed by atoms with Crippen molar-refractivity contribution in [1.29, 1.82) is 0 Å². The van der Waals surface area contributed by atoms with Gasteiger partial charge in [0.05, 0.1) is 16.6 Å². The Balaban J connectivity index is 2.31. The van der Waals surface area contributed by atoms with Gasteiger partial charge in [-0.25, -0.2) is 13.2 Å². The summed E-state index contributed by atoms with van der Waals surface area (Å²) in [6, 6.07) is 4.21. The molecule has 0 saturated carbocycles. The second kappa shape index (κ2) is 7.30. The molecule has 0 radical (unpaired) electrons. The lowest BCUT2D eigenvalue weighted by Gasteiger charge is -2.33. The number of ether oxygens (including phenoxy) is 1. The Morgan fingerprint density at radius 2 is 1.68 bits per heavy atom. The maximum atomic E-state index is 12.8. The van der Waals surface area contributed by atoms with Crippen LogP contribution in [0.25, 0.3) is 0 Å². The van der Waals surface area contributed by atoms with Crippen molar-refractivity contribution in [2.24, 2.45) is 0 Å². The van der Waals surface area contributed by atoms with Crippen LogP contribution in [0.15, 0.2) is 23.1 Å². The van der Waals surface area contributed by atoms with Crippen LogP contribution in [-0.4, -0.2) is 73.9 Å². The van der Waals surface area contributed by atoms with Gasteiger partial charge < -0.3 is 19.6 Å². The molecule has 0 unspecified atom stereocenters. The van der Waals surface area contributed by atoms with Crippen LogP contribution in [0.3, 0.4) is 0 Å². The van der Waals surface area contributed by atoms with E-state index in [9.17, 15) is 18.0 Å². The fourth-order valence-electron chi connectivity index (χ4n) is 2.53. The molecule has 8 nitrogen and oxygen atoms in total. The summed E-state index contributed by atoms with van der Waals surface area (Å²) < 4.78 is 29.2. The van der Waals surface area contributed by atoms with Crippen LogP contribution in [0.2, 0.25) is 0 Å². The van der Waals surface area contributed by atoms with E-state index in [2.05, 4.69) is 0 Å². The average Bonchev–Trinajstić information content (AvgIpc) is 2.53. The minimum absolute atomic E-state index is 0.0381. The topological polar surface area (TPSA) is 104 Å². The predicted molar refractivity (Wildman–Crippen MR) is 90.8 cm³/mol.